The van der Waals surface area contributed by atoms with Gasteiger partial charge >= 0.3 is 0 Å². The highest BCUT2D eigenvalue weighted by atomic mass is 16.2. The second kappa shape index (κ2) is 8.47. The zero-order chi connectivity index (χ0) is 18.4. The molecule has 1 aromatic carbocycles. The van der Waals surface area contributed by atoms with Crippen LogP contribution < -0.4 is 16.0 Å². The Bertz CT molecular complexity index is 582. The Morgan fingerprint density at radius 3 is 1.33 bits per heavy atom. The molecule has 6 heteroatoms. The minimum Gasteiger partial charge on any atom is -0.350 e. The van der Waals surface area contributed by atoms with Crippen molar-refractivity contribution in [2.45, 2.75) is 59.7 Å². The van der Waals surface area contributed by atoms with Gasteiger partial charge in [0.2, 0.25) is 0 Å². The van der Waals surface area contributed by atoms with Gasteiger partial charge in [-0.3, -0.25) is 14.4 Å². The number of hydrogen-bond acceptors (Lipinski definition) is 3. The topological polar surface area (TPSA) is 87.3 Å². The Morgan fingerprint density at radius 2 is 1.00 bits per heavy atom. The predicted octanol–water partition coefficient (Wildman–Crippen LogP) is 2.10. The molecule has 3 N–H and O–H groups in total. The van der Waals surface area contributed by atoms with Gasteiger partial charge in [0.05, 0.1) is 16.7 Å². The van der Waals surface area contributed by atoms with E-state index in [1.807, 2.05) is 41.5 Å². The van der Waals surface area contributed by atoms with Crippen molar-refractivity contribution in [1.82, 2.24) is 16.0 Å². The molecule has 3 amide bonds. The first-order chi connectivity index (χ1) is 11.1. The first-order valence-corrected chi connectivity index (χ1v) is 8.19. The number of carbonyl (C=O) groups excluding carboxylic acids is 3. The zero-order valence-electron chi connectivity index (χ0n) is 15.2. The summed E-state index contributed by atoms with van der Waals surface area (Å²) in [5, 5.41) is 8.29. The summed E-state index contributed by atoms with van der Waals surface area (Å²) >= 11 is 0. The molecule has 1 rings (SSSR count). The minimum absolute atomic E-state index is 0.0772. The van der Waals surface area contributed by atoms with Crippen molar-refractivity contribution in [3.8, 4) is 0 Å². The van der Waals surface area contributed by atoms with Crippen molar-refractivity contribution >= 4 is 17.7 Å². The fraction of sp³-hybridized carbons (Fsp3) is 0.500. The van der Waals surface area contributed by atoms with Gasteiger partial charge in [-0.05, 0) is 53.7 Å². The van der Waals surface area contributed by atoms with E-state index in [0.29, 0.717) is 0 Å². The first kappa shape index (κ1) is 19.7. The Balaban J connectivity index is 3.40. The average Bonchev–Trinajstić information content (AvgIpc) is 2.44. The average molecular weight is 333 g/mol. The molecule has 0 atom stereocenters. The summed E-state index contributed by atoms with van der Waals surface area (Å²) in [5.41, 5.74) is 0.485. The smallest absolute Gasteiger partial charge is 0.253 e. The number of rotatable bonds is 6. The fourth-order valence-corrected chi connectivity index (χ4v) is 2.19. The van der Waals surface area contributed by atoms with Gasteiger partial charge in [-0.2, -0.15) is 0 Å². The van der Waals surface area contributed by atoms with Crippen molar-refractivity contribution in [2.75, 3.05) is 0 Å². The van der Waals surface area contributed by atoms with Crippen molar-refractivity contribution < 1.29 is 14.4 Å². The third-order valence-corrected chi connectivity index (χ3v) is 3.04. The number of nitrogens with one attached hydrogen (secondary N) is 3. The SMILES string of the molecule is CC(C)NC(=O)c1cccc(C(=O)NC(C)C)c1C(=O)NC(C)C. The molecule has 1 aromatic rings. The van der Waals surface area contributed by atoms with Crippen LogP contribution in [0.4, 0.5) is 0 Å². The van der Waals surface area contributed by atoms with Crippen molar-refractivity contribution in [1.29, 1.82) is 0 Å². The van der Waals surface area contributed by atoms with E-state index in [2.05, 4.69) is 16.0 Å². The van der Waals surface area contributed by atoms with Gasteiger partial charge in [0.25, 0.3) is 17.7 Å². The molecule has 0 fully saturated rings. The van der Waals surface area contributed by atoms with E-state index in [1.165, 1.54) is 0 Å². The van der Waals surface area contributed by atoms with Crippen LogP contribution in [-0.2, 0) is 0 Å². The van der Waals surface area contributed by atoms with Crippen molar-refractivity contribution in [3.63, 3.8) is 0 Å². The summed E-state index contributed by atoms with van der Waals surface area (Å²) in [7, 11) is 0. The van der Waals surface area contributed by atoms with Gasteiger partial charge in [0.15, 0.2) is 0 Å². The molecule has 0 unspecified atom stereocenters. The number of carbonyl (C=O) groups is 3. The summed E-state index contributed by atoms with van der Waals surface area (Å²) < 4.78 is 0. The Kier molecular flexibility index (Phi) is 6.95. The van der Waals surface area contributed by atoms with Gasteiger partial charge in [0, 0.05) is 18.1 Å². The Morgan fingerprint density at radius 1 is 0.667 bits per heavy atom. The maximum absolute atomic E-state index is 12.6. The van der Waals surface area contributed by atoms with Crippen LogP contribution in [0, 0.1) is 0 Å². The number of hydrogen-bond donors (Lipinski definition) is 3. The fourth-order valence-electron chi connectivity index (χ4n) is 2.19. The molecule has 0 spiro atoms. The molecule has 0 heterocycles. The highest BCUT2D eigenvalue weighted by molar-refractivity contribution is 6.14. The number of benzene rings is 1. The molecule has 0 saturated heterocycles. The predicted molar refractivity (Wildman–Crippen MR) is 94.2 cm³/mol. The second-order valence-electron chi connectivity index (χ2n) is 6.61. The molecule has 6 nitrogen and oxygen atoms in total. The third kappa shape index (κ3) is 5.37. The third-order valence-electron chi connectivity index (χ3n) is 3.04. The zero-order valence-corrected chi connectivity index (χ0v) is 15.2. The van der Waals surface area contributed by atoms with E-state index >= 15 is 0 Å². The summed E-state index contributed by atoms with van der Waals surface area (Å²) in [6.07, 6.45) is 0. The van der Waals surface area contributed by atoms with E-state index in [4.69, 9.17) is 0 Å². The lowest BCUT2D eigenvalue weighted by Gasteiger charge is -2.17. The van der Waals surface area contributed by atoms with Crippen LogP contribution in [0.1, 0.15) is 72.6 Å². The van der Waals surface area contributed by atoms with E-state index in [1.54, 1.807) is 18.2 Å². The Labute approximate surface area is 143 Å². The van der Waals surface area contributed by atoms with Crippen LogP contribution in [0.15, 0.2) is 18.2 Å². The summed E-state index contributed by atoms with van der Waals surface area (Å²) in [4.78, 5) is 37.5. The highest BCUT2D eigenvalue weighted by Crippen LogP contribution is 2.16. The Hall–Kier alpha value is -2.37. The normalized spacial score (nSPS) is 10.9. The molecule has 0 aliphatic rings. The van der Waals surface area contributed by atoms with Crippen LogP contribution in [0.5, 0.6) is 0 Å². The molecule has 0 bridgehead atoms. The second-order valence-corrected chi connectivity index (χ2v) is 6.61. The lowest BCUT2D eigenvalue weighted by atomic mass is 9.98. The van der Waals surface area contributed by atoms with Crippen LogP contribution in [0.25, 0.3) is 0 Å². The van der Waals surface area contributed by atoms with Gasteiger partial charge in [-0.1, -0.05) is 6.07 Å². The first-order valence-electron chi connectivity index (χ1n) is 8.19. The molecule has 0 aromatic heterocycles. The van der Waals surface area contributed by atoms with Crippen molar-refractivity contribution in [3.05, 3.63) is 34.9 Å². The van der Waals surface area contributed by atoms with Gasteiger partial charge in [-0.25, -0.2) is 0 Å². The van der Waals surface area contributed by atoms with Gasteiger partial charge in [0.1, 0.15) is 0 Å². The largest absolute Gasteiger partial charge is 0.350 e. The van der Waals surface area contributed by atoms with E-state index in [-0.39, 0.29) is 46.6 Å². The van der Waals surface area contributed by atoms with E-state index < -0.39 is 5.91 Å². The number of amides is 3. The maximum atomic E-state index is 12.6. The van der Waals surface area contributed by atoms with Gasteiger partial charge in [-0.15, -0.1) is 0 Å². The van der Waals surface area contributed by atoms with E-state index in [9.17, 15) is 14.4 Å². The standard InChI is InChI=1S/C18H27N3O3/c1-10(2)19-16(22)13-8-7-9-14(17(23)20-11(3)4)15(13)18(24)21-12(5)6/h7-12H,1-6H3,(H,19,22)(H,20,23)(H,21,24). The molecule has 132 valence electrons. The molecular weight excluding hydrogens is 306 g/mol. The monoisotopic (exact) mass is 333 g/mol. The van der Waals surface area contributed by atoms with Crippen LogP contribution in [0.3, 0.4) is 0 Å². The molecule has 0 aliphatic heterocycles. The molecule has 0 radical (unpaired) electrons. The molecule has 0 saturated carbocycles. The van der Waals surface area contributed by atoms with Crippen LogP contribution in [0.2, 0.25) is 0 Å². The molecule has 24 heavy (non-hydrogen) atoms. The summed E-state index contributed by atoms with van der Waals surface area (Å²) in [6, 6.07) is 4.45. The van der Waals surface area contributed by atoms with Crippen LogP contribution in [-0.4, -0.2) is 35.8 Å². The highest BCUT2D eigenvalue weighted by Gasteiger charge is 2.25. The lowest BCUT2D eigenvalue weighted by molar-refractivity contribution is 0.0894. The molecule has 0 aliphatic carbocycles. The minimum atomic E-state index is -0.437. The maximum Gasteiger partial charge on any atom is 0.253 e. The van der Waals surface area contributed by atoms with Crippen LogP contribution >= 0.6 is 0 Å². The quantitative estimate of drug-likeness (QED) is 0.745. The summed E-state index contributed by atoms with van der Waals surface area (Å²) in [5.74, 6) is -1.19. The lowest BCUT2D eigenvalue weighted by Crippen LogP contribution is -2.38. The summed E-state index contributed by atoms with van der Waals surface area (Å²) in [6.45, 7) is 11.0. The molecular formula is C18H27N3O3. The van der Waals surface area contributed by atoms with Gasteiger partial charge < -0.3 is 16.0 Å². The van der Waals surface area contributed by atoms with E-state index in [0.717, 1.165) is 0 Å². The van der Waals surface area contributed by atoms with Crippen molar-refractivity contribution in [2.24, 2.45) is 0 Å².